The molecule has 4 heterocycles. The van der Waals surface area contributed by atoms with Crippen LogP contribution >= 0.6 is 0 Å². The maximum Gasteiger partial charge on any atom is 0.255 e. The quantitative estimate of drug-likeness (QED) is 0.549. The van der Waals surface area contributed by atoms with Gasteiger partial charge < -0.3 is 15.0 Å². The van der Waals surface area contributed by atoms with Crippen molar-refractivity contribution in [3.8, 4) is 11.4 Å². The van der Waals surface area contributed by atoms with Crippen LogP contribution in [0.2, 0.25) is 0 Å². The monoisotopic (exact) mass is 393 g/mol. The molecule has 1 amide bonds. The Morgan fingerprint density at radius 2 is 2.31 bits per heavy atom. The smallest absolute Gasteiger partial charge is 0.255 e. The van der Waals surface area contributed by atoms with Crippen LogP contribution in [-0.2, 0) is 11.8 Å². The average Bonchev–Trinajstić information content (AvgIpc) is 3.45. The van der Waals surface area contributed by atoms with Gasteiger partial charge in [0.2, 0.25) is 5.90 Å². The Morgan fingerprint density at radius 1 is 1.41 bits per heavy atom. The molecule has 3 aromatic heterocycles. The summed E-state index contributed by atoms with van der Waals surface area (Å²) in [6.07, 6.45) is 3.14. The SMILES string of the molecule is Cn1nc(-c2cnc3[nH]cc(C(=O)NCC4=NCCO4)c3n2)c2ccc(F)cc21. The van der Waals surface area contributed by atoms with E-state index in [-0.39, 0.29) is 18.3 Å². The van der Waals surface area contributed by atoms with E-state index in [1.807, 2.05) is 0 Å². The molecule has 9 nitrogen and oxygen atoms in total. The first-order valence-electron chi connectivity index (χ1n) is 9.01. The number of aryl methyl sites for hydroxylation is 1. The maximum atomic E-state index is 13.6. The number of benzene rings is 1. The lowest BCUT2D eigenvalue weighted by molar-refractivity contribution is 0.0958. The van der Waals surface area contributed by atoms with E-state index in [0.29, 0.717) is 52.7 Å². The molecule has 0 unspecified atom stereocenters. The van der Waals surface area contributed by atoms with E-state index in [2.05, 4.69) is 30.4 Å². The highest BCUT2D eigenvalue weighted by Gasteiger charge is 2.19. The normalized spacial score (nSPS) is 13.7. The third kappa shape index (κ3) is 2.98. The Bertz CT molecular complexity index is 1290. The second-order valence-corrected chi connectivity index (χ2v) is 6.60. The fraction of sp³-hybridized carbons (Fsp3) is 0.211. The van der Waals surface area contributed by atoms with Crippen molar-refractivity contribution in [1.82, 2.24) is 30.0 Å². The lowest BCUT2D eigenvalue weighted by atomic mass is 10.1. The maximum absolute atomic E-state index is 13.6. The molecular weight excluding hydrogens is 377 g/mol. The van der Waals surface area contributed by atoms with Crippen LogP contribution < -0.4 is 5.32 Å². The molecule has 10 heteroatoms. The van der Waals surface area contributed by atoms with Gasteiger partial charge in [-0.2, -0.15) is 5.10 Å². The first-order chi connectivity index (χ1) is 14.1. The molecule has 5 rings (SSSR count). The molecule has 0 saturated heterocycles. The Morgan fingerprint density at radius 3 is 3.14 bits per heavy atom. The Labute approximate surface area is 163 Å². The number of halogens is 1. The van der Waals surface area contributed by atoms with E-state index in [4.69, 9.17) is 4.74 Å². The number of H-pyrrole nitrogens is 1. The Kier molecular flexibility index (Phi) is 3.97. The summed E-state index contributed by atoms with van der Waals surface area (Å²) < 4.78 is 20.5. The molecule has 0 saturated carbocycles. The van der Waals surface area contributed by atoms with Crippen LogP contribution in [0, 0.1) is 5.82 Å². The number of nitrogens with zero attached hydrogens (tertiary/aromatic N) is 5. The summed E-state index contributed by atoms with van der Waals surface area (Å²) in [5, 5.41) is 7.98. The molecule has 0 radical (unpaired) electrons. The second-order valence-electron chi connectivity index (χ2n) is 6.60. The van der Waals surface area contributed by atoms with Crippen molar-refractivity contribution in [2.75, 3.05) is 19.7 Å². The lowest BCUT2D eigenvalue weighted by Crippen LogP contribution is -2.29. The standard InChI is InChI=1S/C19H16FN7O2/c1-27-14-6-10(20)2-3-11(14)16(26-27)13-8-23-18-17(25-13)12(7-22-18)19(28)24-9-15-21-4-5-29-15/h2-3,6-8H,4-5,9H2,1H3,(H,22,23)(H,24,28). The fourth-order valence-electron chi connectivity index (χ4n) is 3.34. The first-order valence-corrected chi connectivity index (χ1v) is 9.01. The van der Waals surface area contributed by atoms with Gasteiger partial charge in [-0.1, -0.05) is 0 Å². The summed E-state index contributed by atoms with van der Waals surface area (Å²) in [6, 6.07) is 4.45. The lowest BCUT2D eigenvalue weighted by Gasteiger charge is -2.04. The van der Waals surface area contributed by atoms with Gasteiger partial charge in [0.1, 0.15) is 29.3 Å². The summed E-state index contributed by atoms with van der Waals surface area (Å²) >= 11 is 0. The van der Waals surface area contributed by atoms with Gasteiger partial charge in [0.05, 0.1) is 30.4 Å². The molecule has 4 aromatic rings. The molecule has 0 aliphatic carbocycles. The van der Waals surface area contributed by atoms with E-state index in [1.165, 1.54) is 12.1 Å². The third-order valence-electron chi connectivity index (χ3n) is 4.73. The number of carbonyl (C=O) groups is 1. The fourth-order valence-corrected chi connectivity index (χ4v) is 3.34. The number of ether oxygens (including phenoxy) is 1. The van der Waals surface area contributed by atoms with Crippen LogP contribution in [0.3, 0.4) is 0 Å². The van der Waals surface area contributed by atoms with Crippen molar-refractivity contribution < 1.29 is 13.9 Å². The van der Waals surface area contributed by atoms with Crippen LogP contribution in [0.1, 0.15) is 10.4 Å². The van der Waals surface area contributed by atoms with E-state index >= 15 is 0 Å². The minimum Gasteiger partial charge on any atom is -0.478 e. The molecule has 29 heavy (non-hydrogen) atoms. The molecule has 146 valence electrons. The third-order valence-corrected chi connectivity index (χ3v) is 4.73. The summed E-state index contributed by atoms with van der Waals surface area (Å²) in [5.74, 6) is -0.139. The van der Waals surface area contributed by atoms with E-state index < -0.39 is 0 Å². The van der Waals surface area contributed by atoms with Gasteiger partial charge in [0, 0.05) is 18.6 Å². The number of fused-ring (bicyclic) bond motifs is 2. The highest BCUT2D eigenvalue weighted by molar-refractivity contribution is 6.06. The zero-order valence-corrected chi connectivity index (χ0v) is 15.4. The van der Waals surface area contributed by atoms with Gasteiger partial charge >= 0.3 is 0 Å². The van der Waals surface area contributed by atoms with Crippen molar-refractivity contribution in [3.63, 3.8) is 0 Å². The van der Waals surface area contributed by atoms with Gasteiger partial charge in [-0.3, -0.25) is 14.5 Å². The van der Waals surface area contributed by atoms with E-state index in [9.17, 15) is 9.18 Å². The van der Waals surface area contributed by atoms with Crippen LogP contribution in [-0.4, -0.2) is 56.2 Å². The van der Waals surface area contributed by atoms with Crippen molar-refractivity contribution in [3.05, 3.63) is 42.0 Å². The van der Waals surface area contributed by atoms with Crippen molar-refractivity contribution >= 4 is 33.9 Å². The van der Waals surface area contributed by atoms with Crippen molar-refractivity contribution in [2.24, 2.45) is 12.0 Å². The number of nitrogens with one attached hydrogen (secondary N) is 2. The minimum absolute atomic E-state index is 0.217. The predicted molar refractivity (Wildman–Crippen MR) is 104 cm³/mol. The Hall–Kier alpha value is -3.82. The van der Waals surface area contributed by atoms with E-state index in [1.54, 1.807) is 30.2 Å². The molecule has 0 fully saturated rings. The van der Waals surface area contributed by atoms with Gasteiger partial charge in [-0.05, 0) is 18.2 Å². The molecule has 1 aliphatic rings. The van der Waals surface area contributed by atoms with Crippen molar-refractivity contribution in [2.45, 2.75) is 0 Å². The molecule has 0 atom stereocenters. The highest BCUT2D eigenvalue weighted by atomic mass is 19.1. The zero-order chi connectivity index (χ0) is 20.0. The first kappa shape index (κ1) is 17.3. The zero-order valence-electron chi connectivity index (χ0n) is 15.4. The molecule has 0 spiro atoms. The predicted octanol–water partition coefficient (Wildman–Crippen LogP) is 1.81. The number of aromatic amines is 1. The van der Waals surface area contributed by atoms with Gasteiger partial charge in [0.25, 0.3) is 5.91 Å². The van der Waals surface area contributed by atoms with Crippen molar-refractivity contribution in [1.29, 1.82) is 0 Å². The number of rotatable bonds is 4. The molecule has 0 bridgehead atoms. The summed E-state index contributed by atoms with van der Waals surface area (Å²) in [4.78, 5) is 28.7. The molecule has 2 N–H and O–H groups in total. The van der Waals surface area contributed by atoms with Crippen LogP contribution in [0.15, 0.2) is 35.6 Å². The summed E-state index contributed by atoms with van der Waals surface area (Å²) in [7, 11) is 1.74. The Balaban J connectivity index is 1.52. The molecule has 1 aliphatic heterocycles. The number of aliphatic imine (C=N–C) groups is 1. The number of hydrogen-bond acceptors (Lipinski definition) is 6. The second kappa shape index (κ2) is 6.66. The number of carbonyl (C=O) groups excluding carboxylic acids is 1. The highest BCUT2D eigenvalue weighted by Crippen LogP contribution is 2.28. The number of hydrogen-bond donors (Lipinski definition) is 2. The van der Waals surface area contributed by atoms with Crippen LogP contribution in [0.5, 0.6) is 0 Å². The number of aromatic nitrogens is 5. The minimum atomic E-state index is -0.339. The topological polar surface area (TPSA) is 110 Å². The summed E-state index contributed by atoms with van der Waals surface area (Å²) in [5.41, 5.74) is 2.98. The molecular formula is C19H16FN7O2. The van der Waals surface area contributed by atoms with Gasteiger partial charge in [-0.25, -0.2) is 14.4 Å². The van der Waals surface area contributed by atoms with Gasteiger partial charge in [0.15, 0.2) is 5.65 Å². The largest absolute Gasteiger partial charge is 0.478 e. The summed E-state index contributed by atoms with van der Waals surface area (Å²) in [6.45, 7) is 1.36. The van der Waals surface area contributed by atoms with Crippen LogP contribution in [0.25, 0.3) is 33.5 Å². The average molecular weight is 393 g/mol. The van der Waals surface area contributed by atoms with E-state index in [0.717, 1.165) is 5.39 Å². The van der Waals surface area contributed by atoms with Gasteiger partial charge in [-0.15, -0.1) is 0 Å². The number of amides is 1. The van der Waals surface area contributed by atoms with Crippen LogP contribution in [0.4, 0.5) is 4.39 Å². The molecule has 1 aromatic carbocycles.